The van der Waals surface area contributed by atoms with Gasteiger partial charge in [-0.25, -0.2) is 0 Å². The van der Waals surface area contributed by atoms with Crippen molar-refractivity contribution in [2.75, 3.05) is 19.7 Å². The van der Waals surface area contributed by atoms with Crippen molar-refractivity contribution >= 4 is 0 Å². The Morgan fingerprint density at radius 1 is 1.38 bits per heavy atom. The maximum absolute atomic E-state index is 6.38. The number of likely N-dealkylation sites (tertiary alicyclic amines) is 1. The van der Waals surface area contributed by atoms with E-state index >= 15 is 0 Å². The van der Waals surface area contributed by atoms with Gasteiger partial charge in [-0.1, -0.05) is 6.92 Å². The van der Waals surface area contributed by atoms with E-state index in [9.17, 15) is 0 Å². The average molecular weight is 226 g/mol. The van der Waals surface area contributed by atoms with E-state index in [1.807, 2.05) is 0 Å². The van der Waals surface area contributed by atoms with Crippen LogP contribution in [0.3, 0.4) is 0 Å². The van der Waals surface area contributed by atoms with Gasteiger partial charge in [0.1, 0.15) is 0 Å². The van der Waals surface area contributed by atoms with Crippen LogP contribution in [0.2, 0.25) is 0 Å². The van der Waals surface area contributed by atoms with Crippen LogP contribution in [0.25, 0.3) is 0 Å². The van der Waals surface area contributed by atoms with Gasteiger partial charge in [-0.15, -0.1) is 0 Å². The van der Waals surface area contributed by atoms with E-state index < -0.39 is 0 Å². The monoisotopic (exact) mass is 226 g/mol. The second-order valence-electron chi connectivity index (χ2n) is 5.78. The Hall–Kier alpha value is -0.120. The maximum Gasteiger partial charge on any atom is 0.0729 e. The fraction of sp³-hybridized carbons (Fsp3) is 1.00. The van der Waals surface area contributed by atoms with Crippen molar-refractivity contribution in [3.05, 3.63) is 0 Å². The lowest BCUT2D eigenvalue weighted by molar-refractivity contribution is 0.0541. The third kappa shape index (κ3) is 2.01. The van der Waals surface area contributed by atoms with Crippen molar-refractivity contribution in [2.24, 2.45) is 11.1 Å². The predicted octanol–water partition coefficient (Wildman–Crippen LogP) is 1.61. The Balaban J connectivity index is 1.97. The van der Waals surface area contributed by atoms with Crippen LogP contribution in [0.4, 0.5) is 0 Å². The summed E-state index contributed by atoms with van der Waals surface area (Å²) in [6.45, 7) is 9.98. The summed E-state index contributed by atoms with van der Waals surface area (Å²) in [6, 6.07) is 0.921. The van der Waals surface area contributed by atoms with Crippen molar-refractivity contribution in [1.29, 1.82) is 0 Å². The van der Waals surface area contributed by atoms with Crippen molar-refractivity contribution < 1.29 is 4.74 Å². The van der Waals surface area contributed by atoms with E-state index in [1.54, 1.807) is 0 Å². The van der Waals surface area contributed by atoms with E-state index in [1.165, 1.54) is 25.9 Å². The standard InChI is InChI=1S/C13H26N2O/c1-4-11-12(14)13(9-16-11)5-7-15(8-6-13)10(2)3/h10-12H,4-9,14H2,1-3H3/t11-,12+/m0/s1. The molecule has 0 aromatic rings. The minimum Gasteiger partial charge on any atom is -0.376 e. The lowest BCUT2D eigenvalue weighted by Gasteiger charge is -2.42. The lowest BCUT2D eigenvalue weighted by atomic mass is 9.73. The molecule has 3 nitrogen and oxygen atoms in total. The van der Waals surface area contributed by atoms with Crippen LogP contribution >= 0.6 is 0 Å². The van der Waals surface area contributed by atoms with Crippen molar-refractivity contribution in [2.45, 2.75) is 58.2 Å². The van der Waals surface area contributed by atoms with E-state index in [-0.39, 0.29) is 11.5 Å². The summed E-state index contributed by atoms with van der Waals surface area (Å²) in [7, 11) is 0. The SMILES string of the molecule is CC[C@@H]1OCC2(CCN(C(C)C)CC2)[C@@H]1N. The molecule has 0 aromatic heterocycles. The zero-order valence-corrected chi connectivity index (χ0v) is 10.9. The van der Waals surface area contributed by atoms with Crippen LogP contribution in [0.15, 0.2) is 0 Å². The van der Waals surface area contributed by atoms with Gasteiger partial charge in [0.05, 0.1) is 12.7 Å². The highest BCUT2D eigenvalue weighted by Gasteiger charge is 2.48. The molecule has 2 aliphatic heterocycles. The van der Waals surface area contributed by atoms with E-state index in [2.05, 4.69) is 25.7 Å². The van der Waals surface area contributed by atoms with Gasteiger partial charge in [-0.3, -0.25) is 0 Å². The molecule has 0 aromatic carbocycles. The molecule has 2 aliphatic rings. The topological polar surface area (TPSA) is 38.5 Å². The molecule has 2 heterocycles. The number of hydrogen-bond acceptors (Lipinski definition) is 3. The summed E-state index contributed by atoms with van der Waals surface area (Å²) in [5.74, 6) is 0. The van der Waals surface area contributed by atoms with Crippen LogP contribution in [0, 0.1) is 5.41 Å². The average Bonchev–Trinajstić information content (AvgIpc) is 2.58. The molecule has 2 N–H and O–H groups in total. The molecule has 1 spiro atoms. The Labute approximate surface area is 99.3 Å². The largest absolute Gasteiger partial charge is 0.376 e. The second-order valence-corrected chi connectivity index (χ2v) is 5.78. The molecular formula is C13H26N2O. The van der Waals surface area contributed by atoms with E-state index in [0.717, 1.165) is 13.0 Å². The molecule has 16 heavy (non-hydrogen) atoms. The molecule has 2 rings (SSSR count). The van der Waals surface area contributed by atoms with Gasteiger partial charge in [-0.05, 0) is 46.2 Å². The van der Waals surface area contributed by atoms with Gasteiger partial charge in [0.15, 0.2) is 0 Å². The quantitative estimate of drug-likeness (QED) is 0.777. The fourth-order valence-corrected chi connectivity index (χ4v) is 3.20. The summed E-state index contributed by atoms with van der Waals surface area (Å²) >= 11 is 0. The molecule has 2 atom stereocenters. The molecule has 3 heteroatoms. The first-order chi connectivity index (χ1) is 7.59. The number of rotatable bonds is 2. The highest BCUT2D eigenvalue weighted by atomic mass is 16.5. The molecular weight excluding hydrogens is 200 g/mol. The third-order valence-electron chi connectivity index (χ3n) is 4.62. The summed E-state index contributed by atoms with van der Waals surface area (Å²) in [5.41, 5.74) is 6.66. The van der Waals surface area contributed by atoms with Crippen molar-refractivity contribution in [3.8, 4) is 0 Å². The molecule has 0 unspecified atom stereocenters. The summed E-state index contributed by atoms with van der Waals surface area (Å²) < 4.78 is 5.86. The number of hydrogen-bond donors (Lipinski definition) is 1. The summed E-state index contributed by atoms with van der Waals surface area (Å²) in [5, 5.41) is 0. The van der Waals surface area contributed by atoms with Gasteiger partial charge in [0, 0.05) is 17.5 Å². The number of ether oxygens (including phenoxy) is 1. The molecule has 0 radical (unpaired) electrons. The van der Waals surface area contributed by atoms with Gasteiger partial charge in [0.25, 0.3) is 0 Å². The number of nitrogens with two attached hydrogens (primary N) is 1. The smallest absolute Gasteiger partial charge is 0.0729 e. The molecule has 0 bridgehead atoms. The Morgan fingerprint density at radius 3 is 2.44 bits per heavy atom. The third-order valence-corrected chi connectivity index (χ3v) is 4.62. The zero-order valence-electron chi connectivity index (χ0n) is 10.9. The summed E-state index contributed by atoms with van der Waals surface area (Å²) in [4.78, 5) is 2.55. The fourth-order valence-electron chi connectivity index (χ4n) is 3.20. The van der Waals surface area contributed by atoms with Gasteiger partial charge in [0.2, 0.25) is 0 Å². The summed E-state index contributed by atoms with van der Waals surface area (Å²) in [6.07, 6.45) is 3.77. The van der Waals surface area contributed by atoms with Crippen molar-refractivity contribution in [1.82, 2.24) is 4.90 Å². The molecule has 2 saturated heterocycles. The van der Waals surface area contributed by atoms with Crippen LogP contribution in [-0.4, -0.2) is 42.8 Å². The van der Waals surface area contributed by atoms with E-state index in [0.29, 0.717) is 12.1 Å². The Morgan fingerprint density at radius 2 is 2.00 bits per heavy atom. The van der Waals surface area contributed by atoms with Crippen LogP contribution < -0.4 is 5.73 Å². The molecule has 2 fully saturated rings. The molecule has 94 valence electrons. The highest BCUT2D eigenvalue weighted by Crippen LogP contribution is 2.42. The zero-order chi connectivity index (χ0) is 11.8. The first-order valence-electron chi connectivity index (χ1n) is 6.70. The first kappa shape index (κ1) is 12.3. The number of piperidine rings is 1. The first-order valence-corrected chi connectivity index (χ1v) is 6.70. The normalized spacial score (nSPS) is 35.1. The van der Waals surface area contributed by atoms with E-state index in [4.69, 9.17) is 10.5 Å². The molecule has 0 saturated carbocycles. The number of nitrogens with zero attached hydrogens (tertiary/aromatic N) is 1. The van der Waals surface area contributed by atoms with Crippen LogP contribution in [0.1, 0.15) is 40.0 Å². The lowest BCUT2D eigenvalue weighted by Crippen LogP contribution is -2.52. The van der Waals surface area contributed by atoms with Gasteiger partial charge in [-0.2, -0.15) is 0 Å². The minimum atomic E-state index is 0.256. The highest BCUT2D eigenvalue weighted by molar-refractivity contribution is 5.01. The van der Waals surface area contributed by atoms with Gasteiger partial charge < -0.3 is 15.4 Å². The maximum atomic E-state index is 6.38. The van der Waals surface area contributed by atoms with Crippen LogP contribution in [0.5, 0.6) is 0 Å². The molecule has 0 aliphatic carbocycles. The van der Waals surface area contributed by atoms with Crippen LogP contribution in [-0.2, 0) is 4.74 Å². The van der Waals surface area contributed by atoms with Crippen molar-refractivity contribution in [3.63, 3.8) is 0 Å². The Bertz CT molecular complexity index is 234. The Kier molecular flexibility index (Phi) is 3.57. The van der Waals surface area contributed by atoms with Gasteiger partial charge >= 0.3 is 0 Å². The predicted molar refractivity (Wildman–Crippen MR) is 66.4 cm³/mol. The minimum absolute atomic E-state index is 0.256. The second kappa shape index (κ2) is 4.63. The molecule has 0 amide bonds.